The quantitative estimate of drug-likeness (QED) is 0.769. The van der Waals surface area contributed by atoms with Crippen LogP contribution in [-0.4, -0.2) is 31.8 Å². The number of nitriles is 1. The van der Waals surface area contributed by atoms with Crippen molar-refractivity contribution in [3.8, 4) is 11.9 Å². The number of hydrogen-bond acceptors (Lipinski definition) is 5. The van der Waals surface area contributed by atoms with Gasteiger partial charge in [0.25, 0.3) is 0 Å². The van der Waals surface area contributed by atoms with Gasteiger partial charge in [-0.3, -0.25) is 0 Å². The van der Waals surface area contributed by atoms with Gasteiger partial charge in [-0.05, 0) is 49.9 Å². The van der Waals surface area contributed by atoms with Crippen LogP contribution in [-0.2, 0) is 0 Å². The van der Waals surface area contributed by atoms with Crippen molar-refractivity contribution in [3.05, 3.63) is 48.3 Å². The van der Waals surface area contributed by atoms with E-state index < -0.39 is 0 Å². The third-order valence-electron chi connectivity index (χ3n) is 4.77. The van der Waals surface area contributed by atoms with E-state index in [1.54, 1.807) is 6.20 Å². The van der Waals surface area contributed by atoms with Gasteiger partial charge in [-0.25, -0.2) is 4.98 Å². The molecule has 0 unspecified atom stereocenters. The van der Waals surface area contributed by atoms with Crippen molar-refractivity contribution in [2.24, 2.45) is 0 Å². The highest BCUT2D eigenvalue weighted by Crippen LogP contribution is 2.24. The summed E-state index contributed by atoms with van der Waals surface area (Å²) < 4.78 is 1.97. The molecule has 1 aliphatic rings. The van der Waals surface area contributed by atoms with Gasteiger partial charge in [-0.15, -0.1) is 0 Å². The standard InChI is InChI=1S/C19H19N5O/c20-12-13-2-1-3-17-16(13)9-11-24(17)18-8-10-21-19(23-18)22-14-4-6-15(25)7-5-14/h1-3,8-11,14-15,25H,4-7H2,(H,21,22,23)/t14-,15-. The first kappa shape index (κ1) is 15.6. The molecule has 2 aromatic heterocycles. The topological polar surface area (TPSA) is 86.8 Å². The van der Waals surface area contributed by atoms with Crippen molar-refractivity contribution < 1.29 is 5.11 Å². The van der Waals surface area contributed by atoms with E-state index in [0.717, 1.165) is 42.4 Å². The minimum atomic E-state index is -0.175. The normalized spacial score (nSPS) is 20.3. The number of benzene rings is 1. The van der Waals surface area contributed by atoms with Crippen LogP contribution < -0.4 is 5.32 Å². The fourth-order valence-corrected chi connectivity index (χ4v) is 3.42. The summed E-state index contributed by atoms with van der Waals surface area (Å²) in [5.74, 6) is 1.36. The zero-order valence-electron chi connectivity index (χ0n) is 13.8. The van der Waals surface area contributed by atoms with E-state index in [-0.39, 0.29) is 6.10 Å². The van der Waals surface area contributed by atoms with Gasteiger partial charge in [-0.1, -0.05) is 6.07 Å². The molecule has 1 fully saturated rings. The lowest BCUT2D eigenvalue weighted by molar-refractivity contribution is 0.126. The molecule has 0 atom stereocenters. The molecule has 1 aromatic carbocycles. The Bertz CT molecular complexity index is 934. The van der Waals surface area contributed by atoms with E-state index in [9.17, 15) is 10.4 Å². The first-order chi connectivity index (χ1) is 12.2. The molecule has 0 saturated heterocycles. The summed E-state index contributed by atoms with van der Waals surface area (Å²) in [4.78, 5) is 8.96. The molecule has 0 spiro atoms. The predicted octanol–water partition coefficient (Wildman–Crippen LogP) is 3.01. The molecule has 0 radical (unpaired) electrons. The fraction of sp³-hybridized carbons (Fsp3) is 0.316. The molecule has 25 heavy (non-hydrogen) atoms. The molecule has 3 aromatic rings. The highest BCUT2D eigenvalue weighted by Gasteiger charge is 2.20. The number of aromatic nitrogens is 3. The number of aliphatic hydroxyl groups excluding tert-OH is 1. The Hall–Kier alpha value is -2.91. The Morgan fingerprint density at radius 2 is 2.00 bits per heavy atom. The molecule has 4 rings (SSSR count). The minimum Gasteiger partial charge on any atom is -0.393 e. The fourth-order valence-electron chi connectivity index (χ4n) is 3.42. The lowest BCUT2D eigenvalue weighted by atomic mass is 9.93. The van der Waals surface area contributed by atoms with E-state index in [4.69, 9.17) is 0 Å². The maximum Gasteiger partial charge on any atom is 0.224 e. The Balaban J connectivity index is 1.63. The zero-order valence-corrected chi connectivity index (χ0v) is 13.8. The summed E-state index contributed by atoms with van der Waals surface area (Å²) in [6.07, 6.45) is 6.97. The first-order valence-electron chi connectivity index (χ1n) is 8.53. The molecular weight excluding hydrogens is 314 g/mol. The molecule has 126 valence electrons. The molecule has 1 aliphatic carbocycles. The van der Waals surface area contributed by atoms with Gasteiger partial charge in [0.1, 0.15) is 5.82 Å². The van der Waals surface area contributed by atoms with Crippen molar-refractivity contribution in [1.82, 2.24) is 14.5 Å². The van der Waals surface area contributed by atoms with Crippen LogP contribution >= 0.6 is 0 Å². The van der Waals surface area contributed by atoms with Crippen LogP contribution in [0.1, 0.15) is 31.2 Å². The van der Waals surface area contributed by atoms with E-state index in [0.29, 0.717) is 17.6 Å². The van der Waals surface area contributed by atoms with Crippen LogP contribution in [0.3, 0.4) is 0 Å². The van der Waals surface area contributed by atoms with Crippen molar-refractivity contribution in [2.75, 3.05) is 5.32 Å². The van der Waals surface area contributed by atoms with Crippen molar-refractivity contribution in [2.45, 2.75) is 37.8 Å². The molecule has 0 bridgehead atoms. The number of hydrogen-bond donors (Lipinski definition) is 2. The summed E-state index contributed by atoms with van der Waals surface area (Å²) in [6, 6.07) is 12.0. The van der Waals surface area contributed by atoms with Crippen molar-refractivity contribution in [3.63, 3.8) is 0 Å². The van der Waals surface area contributed by atoms with E-state index in [2.05, 4.69) is 21.4 Å². The van der Waals surface area contributed by atoms with Crippen LogP contribution in [0.25, 0.3) is 16.7 Å². The van der Waals surface area contributed by atoms with Crippen LogP contribution in [0.5, 0.6) is 0 Å². The predicted molar refractivity (Wildman–Crippen MR) is 95.5 cm³/mol. The summed E-state index contributed by atoms with van der Waals surface area (Å²) in [6.45, 7) is 0. The van der Waals surface area contributed by atoms with Gasteiger partial charge in [0.05, 0.1) is 23.3 Å². The van der Waals surface area contributed by atoms with Crippen molar-refractivity contribution >= 4 is 16.9 Å². The average molecular weight is 333 g/mol. The second-order valence-corrected chi connectivity index (χ2v) is 6.42. The molecule has 6 nitrogen and oxygen atoms in total. The molecule has 2 N–H and O–H groups in total. The van der Waals surface area contributed by atoms with Crippen LogP contribution in [0.2, 0.25) is 0 Å². The zero-order chi connectivity index (χ0) is 17.2. The molecule has 6 heteroatoms. The van der Waals surface area contributed by atoms with Crippen LogP contribution in [0.4, 0.5) is 5.95 Å². The third kappa shape index (κ3) is 3.06. The van der Waals surface area contributed by atoms with E-state index in [1.807, 2.05) is 41.1 Å². The van der Waals surface area contributed by atoms with E-state index in [1.165, 1.54) is 0 Å². The Labute approximate surface area is 145 Å². The number of rotatable bonds is 3. The Kier molecular flexibility index (Phi) is 4.08. The third-order valence-corrected chi connectivity index (χ3v) is 4.77. The van der Waals surface area contributed by atoms with Gasteiger partial charge >= 0.3 is 0 Å². The average Bonchev–Trinajstić information content (AvgIpc) is 3.08. The van der Waals surface area contributed by atoms with E-state index >= 15 is 0 Å². The lowest BCUT2D eigenvalue weighted by Gasteiger charge is -2.26. The second kappa shape index (κ2) is 6.54. The Morgan fingerprint density at radius 1 is 1.16 bits per heavy atom. The highest BCUT2D eigenvalue weighted by molar-refractivity contribution is 5.87. The maximum atomic E-state index is 9.62. The minimum absolute atomic E-state index is 0.175. The number of nitrogens with one attached hydrogen (secondary N) is 1. The van der Waals surface area contributed by atoms with Crippen molar-refractivity contribution in [1.29, 1.82) is 5.26 Å². The van der Waals surface area contributed by atoms with Crippen LogP contribution in [0.15, 0.2) is 42.7 Å². The van der Waals surface area contributed by atoms with Gasteiger partial charge in [0, 0.05) is 23.8 Å². The summed E-state index contributed by atoms with van der Waals surface area (Å²) in [7, 11) is 0. The number of fused-ring (bicyclic) bond motifs is 1. The maximum absolute atomic E-state index is 9.62. The molecular formula is C19H19N5O. The van der Waals surface area contributed by atoms with Crippen LogP contribution in [0, 0.1) is 11.3 Å². The summed E-state index contributed by atoms with van der Waals surface area (Å²) >= 11 is 0. The number of nitrogens with zero attached hydrogens (tertiary/aromatic N) is 4. The number of anilines is 1. The number of aliphatic hydroxyl groups is 1. The highest BCUT2D eigenvalue weighted by atomic mass is 16.3. The summed E-state index contributed by atoms with van der Waals surface area (Å²) in [5.41, 5.74) is 1.61. The summed E-state index contributed by atoms with van der Waals surface area (Å²) in [5, 5.41) is 23.2. The van der Waals surface area contributed by atoms with Gasteiger partial charge < -0.3 is 15.0 Å². The SMILES string of the molecule is N#Cc1cccc2c1ccn2-c1ccnc(N[C@H]2CC[C@H](O)CC2)n1. The second-order valence-electron chi connectivity index (χ2n) is 6.42. The molecule has 1 saturated carbocycles. The molecule has 2 heterocycles. The largest absolute Gasteiger partial charge is 0.393 e. The lowest BCUT2D eigenvalue weighted by Crippen LogP contribution is -2.29. The van der Waals surface area contributed by atoms with Gasteiger partial charge in [0.2, 0.25) is 5.95 Å². The smallest absolute Gasteiger partial charge is 0.224 e. The molecule has 0 aliphatic heterocycles. The van der Waals surface area contributed by atoms with Gasteiger partial charge in [-0.2, -0.15) is 10.2 Å². The Morgan fingerprint density at radius 3 is 2.80 bits per heavy atom. The van der Waals surface area contributed by atoms with Gasteiger partial charge in [0.15, 0.2) is 0 Å². The molecule has 0 amide bonds. The monoisotopic (exact) mass is 333 g/mol. The first-order valence-corrected chi connectivity index (χ1v) is 8.53.